The van der Waals surface area contributed by atoms with Gasteiger partial charge in [0.25, 0.3) is 16.0 Å². The number of para-hydroxylation sites is 2. The second kappa shape index (κ2) is 13.2. The number of hydrogen-bond donors (Lipinski definition) is 3. The molecule has 5 aromatic rings. The average molecular weight is 704 g/mol. The summed E-state index contributed by atoms with van der Waals surface area (Å²) in [6.07, 6.45) is 5.22. The monoisotopic (exact) mass is 703 g/mol. The molecule has 0 spiro atoms. The van der Waals surface area contributed by atoms with Crippen LogP contribution in [0.4, 0.5) is 5.69 Å². The predicted molar refractivity (Wildman–Crippen MR) is 199 cm³/mol. The predicted octanol–water partition coefficient (Wildman–Crippen LogP) is 7.92. The Morgan fingerprint density at radius 1 is 0.922 bits per heavy atom. The van der Waals surface area contributed by atoms with Crippen molar-refractivity contribution in [3.63, 3.8) is 0 Å². The molecule has 2 aliphatic carbocycles. The Hall–Kier alpha value is -5.06. The minimum atomic E-state index is -4.18. The van der Waals surface area contributed by atoms with Crippen LogP contribution in [0.2, 0.25) is 0 Å². The van der Waals surface area contributed by atoms with Crippen molar-refractivity contribution in [2.24, 2.45) is 16.7 Å². The van der Waals surface area contributed by atoms with E-state index in [1.54, 1.807) is 24.3 Å². The van der Waals surface area contributed by atoms with Gasteiger partial charge < -0.3 is 15.1 Å². The van der Waals surface area contributed by atoms with E-state index in [4.69, 9.17) is 8.97 Å². The first kappa shape index (κ1) is 34.4. The van der Waals surface area contributed by atoms with E-state index in [1.807, 2.05) is 48.5 Å². The summed E-state index contributed by atoms with van der Waals surface area (Å²) in [4.78, 5) is 31.2. The number of anilines is 1. The Kier molecular flexibility index (Phi) is 8.93. The van der Waals surface area contributed by atoms with Crippen LogP contribution in [0.25, 0.3) is 28.1 Å². The zero-order chi connectivity index (χ0) is 36.0. The van der Waals surface area contributed by atoms with Gasteiger partial charge in [-0.15, -0.1) is 0 Å². The van der Waals surface area contributed by atoms with Crippen molar-refractivity contribution in [2.45, 2.75) is 46.0 Å². The quantitative estimate of drug-likeness (QED) is 0.119. The maximum atomic E-state index is 14.1. The first-order chi connectivity index (χ1) is 24.3. The molecule has 1 fully saturated rings. The second-order valence-corrected chi connectivity index (χ2v) is 16.0. The van der Waals surface area contributed by atoms with Crippen LogP contribution < -0.4 is 10.6 Å². The van der Waals surface area contributed by atoms with Crippen molar-refractivity contribution in [1.29, 1.82) is 0 Å². The van der Waals surface area contributed by atoms with Gasteiger partial charge in [-0.3, -0.25) is 14.1 Å². The van der Waals surface area contributed by atoms with Crippen LogP contribution in [0.1, 0.15) is 66.6 Å². The van der Waals surface area contributed by atoms with E-state index >= 15 is 0 Å². The van der Waals surface area contributed by atoms with Crippen LogP contribution in [0, 0.1) is 16.7 Å². The van der Waals surface area contributed by atoms with E-state index in [1.165, 1.54) is 24.0 Å². The van der Waals surface area contributed by atoms with Crippen LogP contribution in [0.3, 0.4) is 0 Å². The molecule has 262 valence electrons. The van der Waals surface area contributed by atoms with Crippen molar-refractivity contribution in [3.8, 4) is 11.5 Å². The third-order valence-corrected chi connectivity index (χ3v) is 11.9. The highest BCUT2D eigenvalue weighted by Gasteiger charge is 2.57. The summed E-state index contributed by atoms with van der Waals surface area (Å²) >= 11 is 0. The first-order valence-corrected chi connectivity index (χ1v) is 18.8. The molecular formula is C41H41N3O6S. The molecule has 0 radical (unpaired) electrons. The first-order valence-electron chi connectivity index (χ1n) is 17.2. The molecule has 3 N–H and O–H groups in total. The standard InChI is InChI=1S/C41H41N3O6S/c1-40(2)31-20-21-41(40,3)34(25-31)28-14-12-27(13-15-28)33(24-26-8-10-29(11-9-26)37(45)42-22-23-51(47,48)49)38(46)43-32-18-16-30(17-19-32)39-44-35-6-4-5-7-36(35)50-39/h4-19,25,31,33H,20-24H2,1-3H3,(H,42,45)(H,43,46)(H,47,48,49)/t31-,33?,41+/m1/s1. The Morgan fingerprint density at radius 2 is 1.61 bits per heavy atom. The summed E-state index contributed by atoms with van der Waals surface area (Å²) in [7, 11) is -4.18. The molecule has 2 aliphatic rings. The van der Waals surface area contributed by atoms with Crippen molar-refractivity contribution >= 4 is 44.3 Å². The number of allylic oxidation sites excluding steroid dienone is 2. The number of aromatic nitrogens is 1. The van der Waals surface area contributed by atoms with Crippen LogP contribution >= 0.6 is 0 Å². The van der Waals surface area contributed by atoms with Crippen LogP contribution in [-0.4, -0.2) is 42.1 Å². The normalized spacial score (nSPS) is 19.8. The Balaban J connectivity index is 1.11. The number of nitrogens with zero attached hydrogens (tertiary/aromatic N) is 1. The lowest BCUT2D eigenvalue weighted by molar-refractivity contribution is -0.117. The lowest BCUT2D eigenvalue weighted by Crippen LogP contribution is -2.29. The van der Waals surface area contributed by atoms with Gasteiger partial charge in [0, 0.05) is 23.4 Å². The van der Waals surface area contributed by atoms with Gasteiger partial charge in [0.05, 0.1) is 11.7 Å². The molecule has 7 rings (SSSR count). The summed E-state index contributed by atoms with van der Waals surface area (Å²) < 4.78 is 36.9. The van der Waals surface area contributed by atoms with E-state index in [0.717, 1.165) is 22.2 Å². The molecule has 9 nitrogen and oxygen atoms in total. The molecule has 1 heterocycles. The van der Waals surface area contributed by atoms with Gasteiger partial charge in [0.1, 0.15) is 5.52 Å². The third kappa shape index (κ3) is 6.86. The Bertz CT molecular complexity index is 2210. The number of rotatable bonds is 11. The molecule has 1 saturated carbocycles. The van der Waals surface area contributed by atoms with Gasteiger partial charge in [-0.2, -0.15) is 8.42 Å². The third-order valence-electron chi connectivity index (χ3n) is 11.2. The average Bonchev–Trinajstić information content (AvgIpc) is 3.70. The summed E-state index contributed by atoms with van der Waals surface area (Å²) in [5.41, 5.74) is 7.89. The Labute approximate surface area is 297 Å². The van der Waals surface area contributed by atoms with Crippen LogP contribution in [0.15, 0.2) is 108 Å². The van der Waals surface area contributed by atoms with E-state index in [9.17, 15) is 18.0 Å². The van der Waals surface area contributed by atoms with E-state index in [-0.39, 0.29) is 23.3 Å². The van der Waals surface area contributed by atoms with Crippen LogP contribution in [0.5, 0.6) is 0 Å². The Morgan fingerprint density at radius 3 is 2.24 bits per heavy atom. The van der Waals surface area contributed by atoms with E-state index < -0.39 is 27.7 Å². The number of oxazole rings is 1. The van der Waals surface area contributed by atoms with Gasteiger partial charge >= 0.3 is 0 Å². The van der Waals surface area contributed by atoms with E-state index in [2.05, 4.69) is 66.7 Å². The minimum Gasteiger partial charge on any atom is -0.436 e. The molecule has 2 bridgehead atoms. The summed E-state index contributed by atoms with van der Waals surface area (Å²) in [6.45, 7) is 6.92. The fraction of sp³-hybridized carbons (Fsp3) is 0.293. The molecule has 51 heavy (non-hydrogen) atoms. The van der Waals surface area contributed by atoms with Gasteiger partial charge in [-0.05, 0) is 107 Å². The van der Waals surface area contributed by atoms with Crippen molar-refractivity contribution in [3.05, 3.63) is 125 Å². The maximum absolute atomic E-state index is 14.1. The van der Waals surface area contributed by atoms with Gasteiger partial charge in [0.2, 0.25) is 11.8 Å². The number of hydrogen-bond acceptors (Lipinski definition) is 6. The number of carbonyl (C=O) groups is 2. The van der Waals surface area contributed by atoms with Gasteiger partial charge in [-0.25, -0.2) is 4.98 Å². The van der Waals surface area contributed by atoms with Gasteiger partial charge in [0.15, 0.2) is 5.58 Å². The number of carbonyl (C=O) groups excluding carboxylic acids is 2. The molecule has 1 unspecified atom stereocenters. The van der Waals surface area contributed by atoms with Gasteiger partial charge in [-0.1, -0.05) is 75.4 Å². The van der Waals surface area contributed by atoms with Crippen LogP contribution in [-0.2, 0) is 21.3 Å². The topological polar surface area (TPSA) is 139 Å². The fourth-order valence-electron chi connectivity index (χ4n) is 7.71. The van der Waals surface area contributed by atoms with Crippen molar-refractivity contribution in [1.82, 2.24) is 10.3 Å². The zero-order valence-corrected chi connectivity index (χ0v) is 29.7. The van der Waals surface area contributed by atoms with Crippen molar-refractivity contribution < 1.29 is 27.0 Å². The lowest BCUT2D eigenvalue weighted by Gasteiger charge is -2.37. The molecule has 1 aromatic heterocycles. The molecule has 0 saturated heterocycles. The zero-order valence-electron chi connectivity index (χ0n) is 28.8. The summed E-state index contributed by atoms with van der Waals surface area (Å²) in [5.74, 6) is -0.658. The second-order valence-electron chi connectivity index (χ2n) is 14.5. The smallest absolute Gasteiger partial charge is 0.266 e. The molecule has 2 amide bonds. The number of benzene rings is 4. The highest BCUT2D eigenvalue weighted by Crippen LogP contribution is 2.67. The molecule has 4 aromatic carbocycles. The molecule has 10 heteroatoms. The largest absolute Gasteiger partial charge is 0.436 e. The number of nitrogens with one attached hydrogen (secondary N) is 2. The highest BCUT2D eigenvalue weighted by atomic mass is 32.2. The summed E-state index contributed by atoms with van der Waals surface area (Å²) in [6, 6.07) is 30.3. The SMILES string of the molecule is CC1(C)[C@H]2C=C(c3ccc(C(Cc4ccc(C(=O)NCCS(=O)(=O)O)cc4)C(=O)Nc4ccc(-c5nc6ccccc6o5)cc4)cc3)[C@]1(C)CC2. The van der Waals surface area contributed by atoms with Crippen molar-refractivity contribution in [2.75, 3.05) is 17.6 Å². The summed E-state index contributed by atoms with van der Waals surface area (Å²) in [5, 5.41) is 5.60. The minimum absolute atomic E-state index is 0.112. The number of fused-ring (bicyclic) bond motifs is 3. The highest BCUT2D eigenvalue weighted by molar-refractivity contribution is 7.85. The lowest BCUT2D eigenvalue weighted by atomic mass is 9.66. The molecular weight excluding hydrogens is 663 g/mol. The number of amides is 2. The molecule has 3 atom stereocenters. The fourth-order valence-corrected chi connectivity index (χ4v) is 8.07. The molecule has 0 aliphatic heterocycles. The maximum Gasteiger partial charge on any atom is 0.266 e. The van der Waals surface area contributed by atoms with E-state index in [0.29, 0.717) is 35.1 Å².